The first kappa shape index (κ1) is 25.3. The second-order valence-electron chi connectivity index (χ2n) is 9.62. The zero-order valence-electron chi connectivity index (χ0n) is 20.6. The molecular formula is C28H30BIN2O4. The third-order valence-corrected chi connectivity index (χ3v) is 8.69. The van der Waals surface area contributed by atoms with E-state index in [1.54, 1.807) is 4.90 Å². The molecule has 3 aromatic carbocycles. The second-order valence-corrected chi connectivity index (χ2v) is 10.8. The average molecular weight is 596 g/mol. The first-order valence-corrected chi connectivity index (χ1v) is 13.4. The van der Waals surface area contributed by atoms with Crippen LogP contribution >= 0.6 is 22.6 Å². The fraction of sp³-hybridized carbons (Fsp3) is 0.321. The molecule has 1 aliphatic heterocycles. The van der Waals surface area contributed by atoms with Crippen LogP contribution in [0.5, 0.6) is 0 Å². The van der Waals surface area contributed by atoms with Gasteiger partial charge in [-0.1, -0.05) is 48.5 Å². The van der Waals surface area contributed by atoms with Gasteiger partial charge in [-0.15, -0.1) is 0 Å². The van der Waals surface area contributed by atoms with Crippen LogP contribution < -0.4 is 5.46 Å². The first-order valence-electron chi connectivity index (χ1n) is 12.3. The maximum absolute atomic E-state index is 12.9. The molecule has 1 saturated heterocycles. The summed E-state index contributed by atoms with van der Waals surface area (Å²) in [7, 11) is -1.48. The first-order chi connectivity index (χ1) is 17.3. The van der Waals surface area contributed by atoms with Crippen molar-refractivity contribution < 1.29 is 19.6 Å². The lowest BCUT2D eigenvalue weighted by Gasteiger charge is -2.34. The monoisotopic (exact) mass is 596 g/mol. The molecule has 8 heteroatoms. The van der Waals surface area contributed by atoms with Crippen LogP contribution in [0.15, 0.2) is 54.6 Å². The van der Waals surface area contributed by atoms with Crippen LogP contribution in [0.2, 0.25) is 0 Å². The highest BCUT2D eigenvalue weighted by atomic mass is 127. The number of carbonyl (C=O) groups excluding carboxylic acids is 1. The highest BCUT2D eigenvalue weighted by Gasteiger charge is 2.30. The van der Waals surface area contributed by atoms with E-state index in [0.29, 0.717) is 31.7 Å². The summed E-state index contributed by atoms with van der Waals surface area (Å²) >= 11 is 2.25. The maximum Gasteiger partial charge on any atom is 0.489 e. The van der Waals surface area contributed by atoms with Crippen molar-refractivity contribution in [2.45, 2.75) is 26.3 Å². The lowest BCUT2D eigenvalue weighted by molar-refractivity contribution is 0.0728. The molecule has 1 heterocycles. The summed E-state index contributed by atoms with van der Waals surface area (Å²) in [6, 6.07) is 18.8. The fourth-order valence-corrected chi connectivity index (χ4v) is 6.19. The van der Waals surface area contributed by atoms with E-state index in [-0.39, 0.29) is 12.0 Å². The van der Waals surface area contributed by atoms with Gasteiger partial charge in [-0.05, 0) is 86.9 Å². The molecular weight excluding hydrogens is 566 g/mol. The minimum absolute atomic E-state index is 0.0608. The van der Waals surface area contributed by atoms with E-state index in [4.69, 9.17) is 4.74 Å². The Kier molecular flexibility index (Phi) is 7.39. The van der Waals surface area contributed by atoms with E-state index in [0.717, 1.165) is 33.4 Å². The quantitative estimate of drug-likeness (QED) is 0.348. The van der Waals surface area contributed by atoms with Crippen LogP contribution in [0.25, 0.3) is 11.1 Å². The van der Waals surface area contributed by atoms with Crippen LogP contribution in [-0.2, 0) is 11.3 Å². The van der Waals surface area contributed by atoms with Crippen molar-refractivity contribution in [1.82, 2.24) is 9.80 Å². The largest absolute Gasteiger partial charge is 0.489 e. The summed E-state index contributed by atoms with van der Waals surface area (Å²) in [5, 5.41) is 19.7. The van der Waals surface area contributed by atoms with Gasteiger partial charge < -0.3 is 19.7 Å². The average Bonchev–Trinajstić information content (AvgIpc) is 3.20. The van der Waals surface area contributed by atoms with Gasteiger partial charge in [-0.3, -0.25) is 4.90 Å². The molecule has 1 aliphatic carbocycles. The molecule has 186 valence electrons. The molecule has 0 unspecified atom stereocenters. The summed E-state index contributed by atoms with van der Waals surface area (Å²) < 4.78 is 6.86. The van der Waals surface area contributed by atoms with Crippen molar-refractivity contribution >= 4 is 41.3 Å². The van der Waals surface area contributed by atoms with E-state index in [1.807, 2.05) is 26.0 Å². The number of ether oxygens (including phenoxy) is 1. The van der Waals surface area contributed by atoms with E-state index in [9.17, 15) is 14.8 Å². The second kappa shape index (κ2) is 10.5. The van der Waals surface area contributed by atoms with E-state index < -0.39 is 7.12 Å². The van der Waals surface area contributed by atoms with Crippen LogP contribution in [0.1, 0.15) is 33.7 Å². The van der Waals surface area contributed by atoms with Crippen molar-refractivity contribution in [2.24, 2.45) is 0 Å². The van der Waals surface area contributed by atoms with Gasteiger partial charge in [0, 0.05) is 42.2 Å². The van der Waals surface area contributed by atoms with Gasteiger partial charge in [0.25, 0.3) is 0 Å². The van der Waals surface area contributed by atoms with Crippen molar-refractivity contribution in [2.75, 3.05) is 32.8 Å². The Morgan fingerprint density at radius 3 is 2.14 bits per heavy atom. The predicted octanol–water partition coefficient (Wildman–Crippen LogP) is 3.65. The van der Waals surface area contributed by atoms with E-state index in [2.05, 4.69) is 70.0 Å². The number of piperazine rings is 1. The van der Waals surface area contributed by atoms with Gasteiger partial charge in [-0.25, -0.2) is 4.79 Å². The van der Waals surface area contributed by atoms with Gasteiger partial charge >= 0.3 is 13.2 Å². The number of benzene rings is 3. The molecule has 36 heavy (non-hydrogen) atoms. The van der Waals surface area contributed by atoms with Gasteiger partial charge in [0.1, 0.15) is 6.61 Å². The molecule has 0 radical (unpaired) electrons. The fourth-order valence-electron chi connectivity index (χ4n) is 5.52. The van der Waals surface area contributed by atoms with Crippen LogP contribution in [0.4, 0.5) is 4.79 Å². The molecule has 6 nitrogen and oxygen atoms in total. The van der Waals surface area contributed by atoms with Crippen molar-refractivity contribution in [1.29, 1.82) is 0 Å². The SMILES string of the molecule is Cc1c(I)cc(CN2CCN(C(=O)OCC3c4ccccc4-c4ccccc43)CC2)c(C)c1B(O)O. The number of hydrogen-bond acceptors (Lipinski definition) is 5. The van der Waals surface area contributed by atoms with Crippen molar-refractivity contribution in [3.63, 3.8) is 0 Å². The lowest BCUT2D eigenvalue weighted by atomic mass is 9.73. The number of halogens is 1. The molecule has 0 saturated carbocycles. The Morgan fingerprint density at radius 2 is 1.56 bits per heavy atom. The third kappa shape index (κ3) is 4.79. The van der Waals surface area contributed by atoms with Crippen LogP contribution in [0, 0.1) is 17.4 Å². The molecule has 3 aromatic rings. The molecule has 0 spiro atoms. The number of nitrogens with zero attached hydrogens (tertiary/aromatic N) is 2. The van der Waals surface area contributed by atoms with Gasteiger partial charge in [-0.2, -0.15) is 0 Å². The normalized spacial score (nSPS) is 15.5. The molecule has 2 aliphatic rings. The minimum atomic E-state index is -1.48. The zero-order chi connectivity index (χ0) is 25.4. The minimum Gasteiger partial charge on any atom is -0.448 e. The van der Waals surface area contributed by atoms with Crippen molar-refractivity contribution in [3.8, 4) is 11.1 Å². The Labute approximate surface area is 226 Å². The topological polar surface area (TPSA) is 73.2 Å². The van der Waals surface area contributed by atoms with E-state index in [1.165, 1.54) is 22.3 Å². The number of carbonyl (C=O) groups is 1. The summed E-state index contributed by atoms with van der Waals surface area (Å²) in [5.74, 6) is 0.0608. The highest BCUT2D eigenvalue weighted by Crippen LogP contribution is 2.44. The molecule has 2 N–H and O–H groups in total. The Balaban J connectivity index is 1.19. The zero-order valence-corrected chi connectivity index (χ0v) is 22.7. The summed E-state index contributed by atoms with van der Waals surface area (Å²) in [4.78, 5) is 17.0. The number of fused-ring (bicyclic) bond motifs is 3. The Bertz CT molecular complexity index is 1250. The summed E-state index contributed by atoms with van der Waals surface area (Å²) in [5.41, 5.74) is 8.38. The van der Waals surface area contributed by atoms with Gasteiger partial charge in [0.2, 0.25) is 0 Å². The smallest absolute Gasteiger partial charge is 0.448 e. The number of amides is 1. The third-order valence-electron chi connectivity index (χ3n) is 7.57. The summed E-state index contributed by atoms with van der Waals surface area (Å²) in [6.45, 7) is 7.60. The van der Waals surface area contributed by atoms with Gasteiger partial charge in [0.05, 0.1) is 0 Å². The maximum atomic E-state index is 12.9. The molecule has 5 rings (SSSR count). The standard InChI is InChI=1S/C28H30BIN2O4/c1-18-20(15-26(30)19(2)27(18)29(34)35)16-31-11-13-32(14-12-31)28(33)36-17-25-23-9-5-3-7-21(23)22-8-4-6-10-24(22)25/h3-10,15,25,34-35H,11-14,16-17H2,1-2H3. The van der Waals surface area contributed by atoms with E-state index >= 15 is 0 Å². The Hall–Kier alpha value is -2.40. The summed E-state index contributed by atoms with van der Waals surface area (Å²) in [6.07, 6.45) is -0.261. The number of hydrogen-bond donors (Lipinski definition) is 2. The van der Waals surface area contributed by atoms with Crippen molar-refractivity contribution in [3.05, 3.63) is 86.0 Å². The Morgan fingerprint density at radius 1 is 0.972 bits per heavy atom. The molecule has 0 atom stereocenters. The van der Waals surface area contributed by atoms with Crippen LogP contribution in [0.3, 0.4) is 0 Å². The predicted molar refractivity (Wildman–Crippen MR) is 150 cm³/mol. The number of rotatable bonds is 5. The van der Waals surface area contributed by atoms with Crippen LogP contribution in [-0.4, -0.2) is 65.8 Å². The molecule has 1 amide bonds. The molecule has 0 aromatic heterocycles. The lowest BCUT2D eigenvalue weighted by Crippen LogP contribution is -2.48. The van der Waals surface area contributed by atoms with Gasteiger partial charge in [0.15, 0.2) is 0 Å². The molecule has 1 fully saturated rings. The highest BCUT2D eigenvalue weighted by molar-refractivity contribution is 14.1. The molecule has 0 bridgehead atoms.